The molecule has 0 aromatic carbocycles. The van der Waals surface area contributed by atoms with E-state index in [1.165, 1.54) is 0 Å². The summed E-state index contributed by atoms with van der Waals surface area (Å²) in [6, 6.07) is 3.27. The Bertz CT molecular complexity index is 495. The number of aromatic nitrogens is 1. The standard InChI is InChI=1S/C13H20N4O2/c1-9-4-5-10(16(9)3)13(19)17-7-6-15-8-11(17)12(18)14-2/h4-5,11,15H,6-8H2,1-3H3,(H,14,18). The maximum atomic E-state index is 12.6. The number of piperazine rings is 1. The van der Waals surface area contributed by atoms with E-state index in [9.17, 15) is 9.59 Å². The van der Waals surface area contributed by atoms with Crippen LogP contribution in [0.15, 0.2) is 12.1 Å². The van der Waals surface area contributed by atoms with E-state index in [2.05, 4.69) is 10.6 Å². The third kappa shape index (κ3) is 2.49. The molecule has 1 aliphatic rings. The lowest BCUT2D eigenvalue weighted by molar-refractivity contribution is -0.125. The van der Waals surface area contributed by atoms with Crippen molar-refractivity contribution in [3.8, 4) is 0 Å². The summed E-state index contributed by atoms with van der Waals surface area (Å²) in [5.41, 5.74) is 1.64. The van der Waals surface area contributed by atoms with Gasteiger partial charge in [0.25, 0.3) is 5.91 Å². The van der Waals surface area contributed by atoms with Crippen LogP contribution in [0.25, 0.3) is 0 Å². The lowest BCUT2D eigenvalue weighted by Gasteiger charge is -2.35. The SMILES string of the molecule is CNC(=O)C1CNCCN1C(=O)c1ccc(C)n1C. The Hall–Kier alpha value is -1.82. The van der Waals surface area contributed by atoms with E-state index in [-0.39, 0.29) is 11.8 Å². The highest BCUT2D eigenvalue weighted by Gasteiger charge is 2.32. The van der Waals surface area contributed by atoms with Gasteiger partial charge in [-0.2, -0.15) is 0 Å². The first-order valence-corrected chi connectivity index (χ1v) is 6.42. The van der Waals surface area contributed by atoms with Crippen molar-refractivity contribution in [3.05, 3.63) is 23.5 Å². The van der Waals surface area contributed by atoms with Crippen LogP contribution in [0.2, 0.25) is 0 Å². The summed E-state index contributed by atoms with van der Waals surface area (Å²) in [5.74, 6) is -0.225. The molecule has 1 aromatic heterocycles. The quantitative estimate of drug-likeness (QED) is 0.756. The molecule has 0 aliphatic carbocycles. The fourth-order valence-electron chi connectivity index (χ4n) is 2.32. The summed E-state index contributed by atoms with van der Waals surface area (Å²) in [4.78, 5) is 26.1. The number of hydrogen-bond donors (Lipinski definition) is 2. The minimum absolute atomic E-state index is 0.0919. The highest BCUT2D eigenvalue weighted by atomic mass is 16.2. The van der Waals surface area contributed by atoms with Gasteiger partial charge in [-0.15, -0.1) is 0 Å². The predicted molar refractivity (Wildman–Crippen MR) is 71.9 cm³/mol. The van der Waals surface area contributed by atoms with Crippen molar-refractivity contribution in [2.24, 2.45) is 7.05 Å². The molecule has 2 N–H and O–H groups in total. The normalized spacial score (nSPS) is 19.3. The van der Waals surface area contributed by atoms with E-state index < -0.39 is 6.04 Å². The van der Waals surface area contributed by atoms with E-state index >= 15 is 0 Å². The van der Waals surface area contributed by atoms with Gasteiger partial charge in [-0.05, 0) is 19.1 Å². The Labute approximate surface area is 112 Å². The number of carbonyl (C=O) groups is 2. The molecule has 6 heteroatoms. The lowest BCUT2D eigenvalue weighted by Crippen LogP contribution is -2.59. The Morgan fingerprint density at radius 3 is 2.74 bits per heavy atom. The maximum Gasteiger partial charge on any atom is 0.271 e. The van der Waals surface area contributed by atoms with Crippen LogP contribution in [-0.4, -0.2) is 54.0 Å². The molecule has 2 amide bonds. The molecule has 2 rings (SSSR count). The summed E-state index contributed by atoms with van der Waals surface area (Å²) in [6.07, 6.45) is 0. The zero-order chi connectivity index (χ0) is 14.0. The van der Waals surface area contributed by atoms with Crippen molar-refractivity contribution < 1.29 is 9.59 Å². The average Bonchev–Trinajstić information content (AvgIpc) is 2.77. The topological polar surface area (TPSA) is 66.4 Å². The van der Waals surface area contributed by atoms with Gasteiger partial charge in [-0.1, -0.05) is 0 Å². The Morgan fingerprint density at radius 1 is 1.42 bits per heavy atom. The zero-order valence-electron chi connectivity index (χ0n) is 11.6. The first kappa shape index (κ1) is 13.6. The summed E-state index contributed by atoms with van der Waals surface area (Å²) < 4.78 is 1.85. The van der Waals surface area contributed by atoms with Crippen LogP contribution in [-0.2, 0) is 11.8 Å². The number of aryl methyl sites for hydroxylation is 1. The van der Waals surface area contributed by atoms with Crippen LogP contribution in [0.1, 0.15) is 16.2 Å². The lowest BCUT2D eigenvalue weighted by atomic mass is 10.1. The molecule has 104 valence electrons. The van der Waals surface area contributed by atoms with Gasteiger partial charge in [0.1, 0.15) is 11.7 Å². The highest BCUT2D eigenvalue weighted by molar-refractivity contribution is 5.96. The number of rotatable bonds is 2. The van der Waals surface area contributed by atoms with Gasteiger partial charge in [-0.25, -0.2) is 0 Å². The van der Waals surface area contributed by atoms with Crippen molar-refractivity contribution in [1.82, 2.24) is 20.1 Å². The van der Waals surface area contributed by atoms with Crippen LogP contribution in [0.5, 0.6) is 0 Å². The Morgan fingerprint density at radius 2 is 2.16 bits per heavy atom. The number of hydrogen-bond acceptors (Lipinski definition) is 3. The molecule has 19 heavy (non-hydrogen) atoms. The smallest absolute Gasteiger partial charge is 0.271 e. The van der Waals surface area contributed by atoms with Crippen molar-refractivity contribution in [2.45, 2.75) is 13.0 Å². The van der Waals surface area contributed by atoms with Crippen LogP contribution in [0.3, 0.4) is 0 Å². The van der Waals surface area contributed by atoms with E-state index in [4.69, 9.17) is 0 Å². The molecular formula is C13H20N4O2. The molecule has 6 nitrogen and oxygen atoms in total. The molecule has 0 spiro atoms. The number of likely N-dealkylation sites (N-methyl/N-ethyl adjacent to an activating group) is 1. The fourth-order valence-corrected chi connectivity index (χ4v) is 2.32. The Balaban J connectivity index is 2.25. The largest absolute Gasteiger partial charge is 0.357 e. The van der Waals surface area contributed by atoms with Crippen molar-refractivity contribution in [1.29, 1.82) is 0 Å². The number of amides is 2. The second kappa shape index (κ2) is 5.44. The second-order valence-electron chi connectivity index (χ2n) is 4.75. The molecule has 2 heterocycles. The number of nitrogens with one attached hydrogen (secondary N) is 2. The third-order valence-corrected chi connectivity index (χ3v) is 3.65. The summed E-state index contributed by atoms with van der Waals surface area (Å²) in [7, 11) is 3.45. The predicted octanol–water partition coefficient (Wildman–Crippen LogP) is -0.506. The van der Waals surface area contributed by atoms with E-state index in [1.54, 1.807) is 18.0 Å². The summed E-state index contributed by atoms with van der Waals surface area (Å²) >= 11 is 0. The molecule has 1 fully saturated rings. The monoisotopic (exact) mass is 264 g/mol. The number of carbonyl (C=O) groups excluding carboxylic acids is 2. The zero-order valence-corrected chi connectivity index (χ0v) is 11.6. The van der Waals surface area contributed by atoms with Gasteiger partial charge in [-0.3, -0.25) is 9.59 Å². The van der Waals surface area contributed by atoms with Gasteiger partial charge in [0.2, 0.25) is 5.91 Å². The minimum atomic E-state index is -0.443. The highest BCUT2D eigenvalue weighted by Crippen LogP contribution is 2.13. The van der Waals surface area contributed by atoms with Crippen molar-refractivity contribution >= 4 is 11.8 Å². The first-order chi connectivity index (χ1) is 9.06. The third-order valence-electron chi connectivity index (χ3n) is 3.65. The molecule has 1 aliphatic heterocycles. The van der Waals surface area contributed by atoms with E-state index in [0.717, 1.165) is 5.69 Å². The van der Waals surface area contributed by atoms with Gasteiger partial charge in [0.15, 0.2) is 0 Å². The van der Waals surface area contributed by atoms with Crippen LogP contribution >= 0.6 is 0 Å². The van der Waals surface area contributed by atoms with Gasteiger partial charge < -0.3 is 20.1 Å². The first-order valence-electron chi connectivity index (χ1n) is 6.42. The van der Waals surface area contributed by atoms with E-state index in [1.807, 2.05) is 24.6 Å². The van der Waals surface area contributed by atoms with E-state index in [0.29, 0.717) is 25.3 Å². The average molecular weight is 264 g/mol. The summed E-state index contributed by atoms with van der Waals surface area (Å²) in [6.45, 7) is 3.70. The molecule has 1 unspecified atom stereocenters. The molecular weight excluding hydrogens is 244 g/mol. The van der Waals surface area contributed by atoms with Crippen molar-refractivity contribution in [3.63, 3.8) is 0 Å². The van der Waals surface area contributed by atoms with Crippen LogP contribution < -0.4 is 10.6 Å². The fraction of sp³-hybridized carbons (Fsp3) is 0.538. The minimum Gasteiger partial charge on any atom is -0.357 e. The molecule has 0 radical (unpaired) electrons. The summed E-state index contributed by atoms with van der Waals surface area (Å²) in [5, 5.41) is 5.76. The van der Waals surface area contributed by atoms with Gasteiger partial charge in [0.05, 0.1) is 0 Å². The van der Waals surface area contributed by atoms with Gasteiger partial charge >= 0.3 is 0 Å². The van der Waals surface area contributed by atoms with Crippen LogP contribution in [0, 0.1) is 6.92 Å². The molecule has 1 saturated heterocycles. The van der Waals surface area contributed by atoms with Gasteiger partial charge in [0, 0.05) is 39.4 Å². The molecule has 1 aromatic rings. The van der Waals surface area contributed by atoms with Crippen LogP contribution in [0.4, 0.5) is 0 Å². The number of nitrogens with zero attached hydrogens (tertiary/aromatic N) is 2. The second-order valence-corrected chi connectivity index (χ2v) is 4.75. The Kier molecular flexibility index (Phi) is 3.90. The molecule has 0 saturated carbocycles. The molecule has 0 bridgehead atoms. The molecule has 1 atom stereocenters. The van der Waals surface area contributed by atoms with Crippen molar-refractivity contribution in [2.75, 3.05) is 26.7 Å². The maximum absolute atomic E-state index is 12.6.